The van der Waals surface area contributed by atoms with E-state index in [0.29, 0.717) is 5.69 Å². The van der Waals surface area contributed by atoms with Gasteiger partial charge in [-0.25, -0.2) is 17.2 Å². The van der Waals surface area contributed by atoms with Crippen LogP contribution in [0, 0.1) is 11.6 Å². The number of hydrogen-bond acceptors (Lipinski definition) is 5. The molecular weight excluding hydrogens is 444 g/mol. The molecule has 1 aromatic heterocycles. The Morgan fingerprint density at radius 2 is 1.69 bits per heavy atom. The van der Waals surface area contributed by atoms with Gasteiger partial charge in [0, 0.05) is 11.8 Å². The predicted molar refractivity (Wildman–Crippen MR) is 110 cm³/mol. The van der Waals surface area contributed by atoms with Crippen LogP contribution in [0.15, 0.2) is 59.5 Å². The molecule has 0 fully saturated rings. The highest BCUT2D eigenvalue weighted by Gasteiger charge is 2.15. The van der Waals surface area contributed by atoms with E-state index < -0.39 is 21.7 Å². The van der Waals surface area contributed by atoms with Crippen molar-refractivity contribution < 1.29 is 17.2 Å². The van der Waals surface area contributed by atoms with Crippen molar-refractivity contribution in [3.8, 4) is 0 Å². The van der Waals surface area contributed by atoms with Gasteiger partial charge in [-0.2, -0.15) is 0 Å². The third-order valence-electron chi connectivity index (χ3n) is 3.47. The van der Waals surface area contributed by atoms with E-state index in [1.165, 1.54) is 42.5 Å². The maximum atomic E-state index is 13.7. The Labute approximate surface area is 175 Å². The summed E-state index contributed by atoms with van der Waals surface area (Å²) < 4.78 is 53.6. The molecule has 12 heteroatoms. The third-order valence-corrected chi connectivity index (χ3v) is 5.25. The van der Waals surface area contributed by atoms with E-state index in [9.17, 15) is 17.2 Å². The smallest absolute Gasteiger partial charge is 0.263 e. The number of rotatable bonds is 5. The fourth-order valence-corrected chi connectivity index (χ4v) is 3.48. The Kier molecular flexibility index (Phi) is 6.20. The molecule has 3 rings (SSSR count). The van der Waals surface area contributed by atoms with Gasteiger partial charge in [0.2, 0.25) is 0 Å². The van der Waals surface area contributed by atoms with Gasteiger partial charge >= 0.3 is 0 Å². The van der Waals surface area contributed by atoms with E-state index in [0.717, 1.165) is 12.1 Å². The maximum absolute atomic E-state index is 13.7. The number of nitrogens with one attached hydrogen (secondary N) is 3. The number of nitrogens with zero attached hydrogens (tertiary/aromatic N) is 2. The van der Waals surface area contributed by atoms with E-state index in [1.54, 1.807) is 0 Å². The van der Waals surface area contributed by atoms with Crippen LogP contribution in [0.3, 0.4) is 0 Å². The molecule has 0 aliphatic heterocycles. The Hall–Kier alpha value is -2.89. The minimum absolute atomic E-state index is 0.00336. The summed E-state index contributed by atoms with van der Waals surface area (Å²) in [5.41, 5.74) is 0.451. The molecule has 1 heterocycles. The molecule has 0 saturated carbocycles. The molecule has 0 aliphatic carbocycles. The van der Waals surface area contributed by atoms with Gasteiger partial charge in [-0.15, -0.1) is 10.2 Å². The van der Waals surface area contributed by atoms with Gasteiger partial charge in [0.1, 0.15) is 11.6 Å². The van der Waals surface area contributed by atoms with E-state index in [1.807, 2.05) is 0 Å². The SMILES string of the molecule is O=S(=O)(Nc1ccc(Cl)nn1)c1ccc(NC(=S)Nc2ccc(F)cc2F)cc1. The summed E-state index contributed by atoms with van der Waals surface area (Å²) in [7, 11) is -3.89. The lowest BCUT2D eigenvalue weighted by Crippen LogP contribution is -2.20. The van der Waals surface area contributed by atoms with Crippen LogP contribution in [-0.4, -0.2) is 23.7 Å². The zero-order valence-electron chi connectivity index (χ0n) is 14.4. The molecule has 2 aromatic carbocycles. The molecule has 0 saturated heterocycles. The van der Waals surface area contributed by atoms with Crippen molar-refractivity contribution in [3.05, 3.63) is 71.4 Å². The minimum Gasteiger partial charge on any atom is -0.332 e. The summed E-state index contributed by atoms with van der Waals surface area (Å²) in [6.07, 6.45) is 0. The monoisotopic (exact) mass is 455 g/mol. The average Bonchev–Trinajstić information content (AvgIpc) is 2.66. The first-order chi connectivity index (χ1) is 13.7. The second kappa shape index (κ2) is 8.64. The van der Waals surface area contributed by atoms with Gasteiger partial charge in [0.15, 0.2) is 16.1 Å². The zero-order chi connectivity index (χ0) is 21.0. The summed E-state index contributed by atoms with van der Waals surface area (Å²) >= 11 is 10.7. The maximum Gasteiger partial charge on any atom is 0.263 e. The number of thiocarbonyl (C=S) groups is 1. The van der Waals surface area contributed by atoms with Crippen LogP contribution in [0.5, 0.6) is 0 Å². The third kappa shape index (κ3) is 5.56. The summed E-state index contributed by atoms with van der Waals surface area (Å²) in [5, 5.41) is 12.7. The number of hydrogen-bond donors (Lipinski definition) is 3. The van der Waals surface area contributed by atoms with Gasteiger partial charge in [0.05, 0.1) is 10.6 Å². The van der Waals surface area contributed by atoms with Crippen molar-refractivity contribution in [2.75, 3.05) is 15.4 Å². The van der Waals surface area contributed by atoms with Gasteiger partial charge < -0.3 is 10.6 Å². The lowest BCUT2D eigenvalue weighted by molar-refractivity contribution is 0.586. The van der Waals surface area contributed by atoms with Gasteiger partial charge in [-0.3, -0.25) is 4.72 Å². The average molecular weight is 456 g/mol. The Bertz CT molecular complexity index is 1140. The highest BCUT2D eigenvalue weighted by molar-refractivity contribution is 7.92. The first-order valence-corrected chi connectivity index (χ1v) is 10.1. The minimum atomic E-state index is -3.89. The standard InChI is InChI=1S/C17H12ClF2N5O2S2/c18-15-7-8-16(24-23-15)25-29(26,27)12-4-2-11(3-5-12)21-17(28)22-14-6-1-10(19)9-13(14)20/h1-9H,(H,24,25)(H2,21,22,28). The summed E-state index contributed by atoms with van der Waals surface area (Å²) in [5.74, 6) is -1.49. The van der Waals surface area contributed by atoms with Crippen LogP contribution in [0.4, 0.5) is 26.0 Å². The van der Waals surface area contributed by atoms with Crippen molar-refractivity contribution in [3.63, 3.8) is 0 Å². The molecule has 0 aliphatic rings. The Morgan fingerprint density at radius 1 is 0.966 bits per heavy atom. The number of benzene rings is 2. The van der Waals surface area contributed by atoms with Crippen molar-refractivity contribution in [2.45, 2.75) is 4.90 Å². The Morgan fingerprint density at radius 3 is 2.31 bits per heavy atom. The van der Waals surface area contributed by atoms with E-state index in [-0.39, 0.29) is 26.7 Å². The van der Waals surface area contributed by atoms with Crippen LogP contribution in [-0.2, 0) is 10.0 Å². The lowest BCUT2D eigenvalue weighted by atomic mass is 10.3. The number of aromatic nitrogens is 2. The van der Waals surface area contributed by atoms with Gasteiger partial charge in [-0.1, -0.05) is 11.6 Å². The van der Waals surface area contributed by atoms with Crippen molar-refractivity contribution in [1.82, 2.24) is 10.2 Å². The quantitative estimate of drug-likeness (QED) is 0.500. The van der Waals surface area contributed by atoms with Crippen LogP contribution in [0.2, 0.25) is 5.15 Å². The molecule has 7 nitrogen and oxygen atoms in total. The summed E-state index contributed by atoms with van der Waals surface area (Å²) in [6, 6.07) is 11.4. The molecule has 3 N–H and O–H groups in total. The zero-order valence-corrected chi connectivity index (χ0v) is 16.7. The first-order valence-electron chi connectivity index (χ1n) is 7.88. The highest BCUT2D eigenvalue weighted by Crippen LogP contribution is 2.19. The second-order valence-electron chi connectivity index (χ2n) is 5.57. The highest BCUT2D eigenvalue weighted by atomic mass is 35.5. The first kappa shape index (κ1) is 20.8. The summed E-state index contributed by atoms with van der Waals surface area (Å²) in [6.45, 7) is 0. The van der Waals surface area contributed by atoms with Crippen molar-refractivity contribution in [1.29, 1.82) is 0 Å². The van der Waals surface area contributed by atoms with Crippen LogP contribution >= 0.6 is 23.8 Å². The van der Waals surface area contributed by atoms with E-state index in [4.69, 9.17) is 23.8 Å². The van der Waals surface area contributed by atoms with Gasteiger partial charge in [0.25, 0.3) is 10.0 Å². The molecule has 0 atom stereocenters. The normalized spacial score (nSPS) is 11.0. The summed E-state index contributed by atoms with van der Waals surface area (Å²) in [4.78, 5) is -0.0248. The topological polar surface area (TPSA) is 96.0 Å². The van der Waals surface area contributed by atoms with Gasteiger partial charge in [-0.05, 0) is 60.7 Å². The Balaban J connectivity index is 1.66. The second-order valence-corrected chi connectivity index (χ2v) is 8.05. The fraction of sp³-hybridized carbons (Fsp3) is 0. The molecule has 0 unspecified atom stereocenters. The van der Waals surface area contributed by atoms with E-state index in [2.05, 4.69) is 25.6 Å². The number of halogens is 3. The molecule has 3 aromatic rings. The van der Waals surface area contributed by atoms with Crippen molar-refractivity contribution >= 4 is 56.1 Å². The van der Waals surface area contributed by atoms with Crippen molar-refractivity contribution in [2.24, 2.45) is 0 Å². The predicted octanol–water partition coefficient (Wildman–Crippen LogP) is 4.02. The fourth-order valence-electron chi connectivity index (χ4n) is 2.16. The molecule has 0 amide bonds. The van der Waals surface area contributed by atoms with Crippen LogP contribution in [0.25, 0.3) is 0 Å². The van der Waals surface area contributed by atoms with Crippen LogP contribution in [0.1, 0.15) is 0 Å². The van der Waals surface area contributed by atoms with E-state index >= 15 is 0 Å². The number of anilines is 3. The molecular formula is C17H12ClF2N5O2S2. The lowest BCUT2D eigenvalue weighted by Gasteiger charge is -2.12. The molecule has 0 bridgehead atoms. The largest absolute Gasteiger partial charge is 0.332 e. The molecule has 29 heavy (non-hydrogen) atoms. The molecule has 0 radical (unpaired) electrons. The van der Waals surface area contributed by atoms with Crippen LogP contribution < -0.4 is 15.4 Å². The molecule has 150 valence electrons. The number of sulfonamides is 1. The molecule has 0 spiro atoms.